The lowest BCUT2D eigenvalue weighted by Crippen LogP contribution is -2.46. The Labute approximate surface area is 164 Å². The smallest absolute Gasteiger partial charge is 0.323 e. The Morgan fingerprint density at radius 1 is 1.14 bits per heavy atom. The molecule has 0 aromatic heterocycles. The van der Waals surface area contributed by atoms with Crippen LogP contribution in [0, 0.1) is 15.5 Å². The molecule has 1 atom stereocenters. The molecule has 1 aromatic carbocycles. The number of nitrogens with zero attached hydrogens (tertiary/aromatic N) is 1. The number of rotatable bonds is 11. The van der Waals surface area contributed by atoms with E-state index in [0.717, 1.165) is 27.1 Å². The highest BCUT2D eigenvalue weighted by atomic mass is 16.6. The molecule has 0 heterocycles. The average molecular weight is 397 g/mol. The van der Waals surface area contributed by atoms with E-state index in [4.69, 9.17) is 18.9 Å². The van der Waals surface area contributed by atoms with E-state index in [-0.39, 0.29) is 0 Å². The molecule has 28 heavy (non-hydrogen) atoms. The Bertz CT molecular complexity index is 687. The summed E-state index contributed by atoms with van der Waals surface area (Å²) in [5.74, 6) is -2.16. The van der Waals surface area contributed by atoms with Gasteiger partial charge in [0.15, 0.2) is 16.9 Å². The lowest BCUT2D eigenvalue weighted by Gasteiger charge is -2.30. The molecule has 0 unspecified atom stereocenters. The van der Waals surface area contributed by atoms with Crippen molar-refractivity contribution < 1.29 is 33.5 Å². The summed E-state index contributed by atoms with van der Waals surface area (Å²) in [5.41, 5.74) is -1.55. The van der Waals surface area contributed by atoms with Gasteiger partial charge in [-0.2, -0.15) is 0 Å². The number of carbonyl (C=O) groups excluding carboxylic acids is 2. The van der Waals surface area contributed by atoms with Crippen molar-refractivity contribution in [3.05, 3.63) is 33.9 Å². The predicted molar refractivity (Wildman–Crippen MR) is 100 cm³/mol. The average Bonchev–Trinajstić information content (AvgIpc) is 2.70. The maximum absolute atomic E-state index is 12.4. The molecule has 0 aliphatic rings. The number of carbonyl (C=O) groups is 2. The van der Waals surface area contributed by atoms with Crippen LogP contribution < -0.4 is 9.47 Å². The van der Waals surface area contributed by atoms with Gasteiger partial charge in [0.2, 0.25) is 6.54 Å². The van der Waals surface area contributed by atoms with Crippen LogP contribution in [-0.4, -0.2) is 51.3 Å². The topological polar surface area (TPSA) is 114 Å². The number of methoxy groups -OCH3 is 3. The van der Waals surface area contributed by atoms with Crippen molar-refractivity contribution >= 4 is 11.9 Å². The minimum Gasteiger partial charge on any atom is -0.493 e. The van der Waals surface area contributed by atoms with Gasteiger partial charge in [-0.05, 0) is 31.0 Å². The van der Waals surface area contributed by atoms with Gasteiger partial charge in [-0.3, -0.25) is 19.7 Å². The molecule has 1 rings (SSSR count). The zero-order chi connectivity index (χ0) is 21.3. The third-order valence-corrected chi connectivity index (χ3v) is 4.59. The SMILES string of the molecule is CCCCOc1cc([C@H](C[N+](=O)[O-])C(C)(C(=O)OC)C(=O)OC)ccc1OC. The Morgan fingerprint density at radius 3 is 2.21 bits per heavy atom. The van der Waals surface area contributed by atoms with Gasteiger partial charge in [0.25, 0.3) is 0 Å². The van der Waals surface area contributed by atoms with Gasteiger partial charge in [-0.25, -0.2) is 0 Å². The van der Waals surface area contributed by atoms with Gasteiger partial charge in [0, 0.05) is 4.92 Å². The number of ether oxygens (including phenoxy) is 4. The van der Waals surface area contributed by atoms with E-state index in [0.29, 0.717) is 23.7 Å². The lowest BCUT2D eigenvalue weighted by molar-refractivity contribution is -0.485. The molecule has 0 aliphatic carbocycles. The number of nitro groups is 1. The molecule has 9 nitrogen and oxygen atoms in total. The second kappa shape index (κ2) is 10.5. The highest BCUT2D eigenvalue weighted by molar-refractivity contribution is 6.00. The summed E-state index contributed by atoms with van der Waals surface area (Å²) in [4.78, 5) is 35.6. The lowest BCUT2D eigenvalue weighted by atomic mass is 9.73. The Kier molecular flexibility index (Phi) is 8.69. The summed E-state index contributed by atoms with van der Waals surface area (Å²) in [7, 11) is 3.70. The van der Waals surface area contributed by atoms with Gasteiger partial charge in [-0.1, -0.05) is 19.4 Å². The van der Waals surface area contributed by atoms with Crippen molar-refractivity contribution in [3.63, 3.8) is 0 Å². The molecule has 0 saturated heterocycles. The van der Waals surface area contributed by atoms with Crippen LogP contribution in [0.15, 0.2) is 18.2 Å². The third kappa shape index (κ3) is 5.11. The minimum atomic E-state index is -1.91. The van der Waals surface area contributed by atoms with E-state index in [2.05, 4.69) is 0 Å². The number of benzene rings is 1. The summed E-state index contributed by atoms with van der Waals surface area (Å²) < 4.78 is 20.5. The van der Waals surface area contributed by atoms with E-state index in [1.807, 2.05) is 6.92 Å². The summed E-state index contributed by atoms with van der Waals surface area (Å²) in [6.45, 7) is 3.05. The molecule has 0 spiro atoms. The van der Waals surface area contributed by atoms with Crippen LogP contribution in [0.3, 0.4) is 0 Å². The number of esters is 2. The first-order chi connectivity index (χ1) is 13.3. The number of hydrogen-bond acceptors (Lipinski definition) is 8. The standard InChI is InChI=1S/C19H27NO8/c1-6-7-10-28-16-11-13(8-9-15(16)25-3)14(12-20(23)24)19(2,17(21)26-4)18(22)27-5/h8-9,11,14H,6-7,10,12H2,1-5H3/t14-/m0/s1. The van der Waals surface area contributed by atoms with Crippen LogP contribution in [0.4, 0.5) is 0 Å². The van der Waals surface area contributed by atoms with Gasteiger partial charge in [0.05, 0.1) is 33.9 Å². The molecular weight excluding hydrogens is 370 g/mol. The Morgan fingerprint density at radius 2 is 1.75 bits per heavy atom. The maximum atomic E-state index is 12.4. The summed E-state index contributed by atoms with van der Waals surface area (Å²) in [6, 6.07) is 4.69. The molecule has 0 bridgehead atoms. The van der Waals surface area contributed by atoms with Gasteiger partial charge in [-0.15, -0.1) is 0 Å². The normalized spacial score (nSPS) is 12.0. The van der Waals surface area contributed by atoms with Crippen LogP contribution in [0.2, 0.25) is 0 Å². The minimum absolute atomic E-state index is 0.363. The van der Waals surface area contributed by atoms with Gasteiger partial charge >= 0.3 is 11.9 Å². The molecule has 0 amide bonds. The molecule has 9 heteroatoms. The van der Waals surface area contributed by atoms with Crippen molar-refractivity contribution in [2.75, 3.05) is 34.5 Å². The first kappa shape index (κ1) is 23.2. The van der Waals surface area contributed by atoms with E-state index in [1.165, 1.54) is 14.0 Å². The van der Waals surface area contributed by atoms with Crippen LogP contribution in [0.1, 0.15) is 38.2 Å². The fraction of sp³-hybridized carbons (Fsp3) is 0.579. The van der Waals surface area contributed by atoms with Crippen molar-refractivity contribution in [2.24, 2.45) is 5.41 Å². The van der Waals surface area contributed by atoms with Crippen molar-refractivity contribution in [1.82, 2.24) is 0 Å². The quantitative estimate of drug-likeness (QED) is 0.184. The van der Waals surface area contributed by atoms with Gasteiger partial charge in [0.1, 0.15) is 0 Å². The predicted octanol–water partition coefficient (Wildman–Crippen LogP) is 2.59. The third-order valence-electron chi connectivity index (χ3n) is 4.59. The van der Waals surface area contributed by atoms with E-state index in [9.17, 15) is 19.7 Å². The second-order valence-electron chi connectivity index (χ2n) is 6.37. The molecule has 1 aromatic rings. The number of hydrogen-bond donors (Lipinski definition) is 0. The van der Waals surface area contributed by atoms with Crippen LogP contribution in [-0.2, 0) is 19.1 Å². The second-order valence-corrected chi connectivity index (χ2v) is 6.37. The number of unbranched alkanes of at least 4 members (excludes halogenated alkanes) is 1. The molecule has 0 aliphatic heterocycles. The Balaban J connectivity index is 3.50. The molecule has 0 N–H and O–H groups in total. The summed E-state index contributed by atoms with van der Waals surface area (Å²) >= 11 is 0. The van der Waals surface area contributed by atoms with Gasteiger partial charge < -0.3 is 18.9 Å². The van der Waals surface area contributed by atoms with Crippen molar-refractivity contribution in [2.45, 2.75) is 32.6 Å². The highest BCUT2D eigenvalue weighted by Gasteiger charge is 2.53. The van der Waals surface area contributed by atoms with Crippen molar-refractivity contribution in [1.29, 1.82) is 0 Å². The molecule has 156 valence electrons. The fourth-order valence-corrected chi connectivity index (χ4v) is 2.91. The summed E-state index contributed by atoms with van der Waals surface area (Å²) in [6.07, 6.45) is 1.74. The molecule has 0 radical (unpaired) electrons. The van der Waals surface area contributed by atoms with Crippen LogP contribution in [0.5, 0.6) is 11.5 Å². The Hall–Kier alpha value is -2.84. The zero-order valence-electron chi connectivity index (χ0n) is 16.9. The summed E-state index contributed by atoms with van der Waals surface area (Å²) in [5, 5.41) is 11.3. The zero-order valence-corrected chi connectivity index (χ0v) is 16.9. The van der Waals surface area contributed by atoms with E-state index < -0.39 is 34.7 Å². The maximum Gasteiger partial charge on any atom is 0.323 e. The monoisotopic (exact) mass is 397 g/mol. The van der Waals surface area contributed by atoms with Crippen LogP contribution in [0.25, 0.3) is 0 Å². The highest BCUT2D eigenvalue weighted by Crippen LogP contribution is 2.41. The van der Waals surface area contributed by atoms with E-state index >= 15 is 0 Å². The largest absolute Gasteiger partial charge is 0.493 e. The molecule has 0 fully saturated rings. The van der Waals surface area contributed by atoms with E-state index in [1.54, 1.807) is 18.2 Å². The fourth-order valence-electron chi connectivity index (χ4n) is 2.91. The first-order valence-corrected chi connectivity index (χ1v) is 8.85. The van der Waals surface area contributed by atoms with Crippen molar-refractivity contribution in [3.8, 4) is 11.5 Å². The molecular formula is C19H27NO8. The van der Waals surface area contributed by atoms with Crippen LogP contribution >= 0.6 is 0 Å². The first-order valence-electron chi connectivity index (χ1n) is 8.85. The molecule has 0 saturated carbocycles.